The number of carbonyl (C=O) groups is 1. The fourth-order valence-electron chi connectivity index (χ4n) is 2.33. The van der Waals surface area contributed by atoms with E-state index in [1.54, 1.807) is 13.0 Å². The summed E-state index contributed by atoms with van der Waals surface area (Å²) in [5.74, 6) is -1.03. The minimum atomic E-state index is -0.699. The van der Waals surface area contributed by atoms with E-state index in [9.17, 15) is 14.7 Å². The first kappa shape index (κ1) is 13.9. The predicted molar refractivity (Wildman–Crippen MR) is 78.6 cm³/mol. The maximum Gasteiger partial charge on any atom is 0.338 e. The van der Waals surface area contributed by atoms with Gasteiger partial charge in [-0.05, 0) is 36.8 Å². The number of phenols is 1. The molecule has 6 heteroatoms. The van der Waals surface area contributed by atoms with Crippen LogP contribution in [0.1, 0.15) is 11.1 Å². The Hall–Kier alpha value is -3.02. The van der Waals surface area contributed by atoms with Crippen LogP contribution in [0.5, 0.6) is 11.7 Å². The third-order valence-electron chi connectivity index (χ3n) is 3.28. The Balaban J connectivity index is 2.42. The number of aromatic hydroxyl groups is 1. The highest BCUT2D eigenvalue weighted by atomic mass is 16.6. The third kappa shape index (κ3) is 2.05. The molecule has 0 atom stereocenters. The Labute approximate surface area is 124 Å². The first-order valence-electron chi connectivity index (χ1n) is 6.45. The number of hydrogen-bond acceptors (Lipinski definition) is 6. The number of fused-ring (bicyclic) bond motifs is 2. The minimum Gasteiger partial charge on any atom is -0.507 e. The van der Waals surface area contributed by atoms with Crippen molar-refractivity contribution in [1.82, 2.24) is 0 Å². The van der Waals surface area contributed by atoms with Gasteiger partial charge in [0, 0.05) is 0 Å². The van der Waals surface area contributed by atoms with E-state index >= 15 is 0 Å². The first-order chi connectivity index (χ1) is 10.5. The highest BCUT2D eigenvalue weighted by Crippen LogP contribution is 2.33. The molecule has 1 aromatic carbocycles. The highest BCUT2D eigenvalue weighted by molar-refractivity contribution is 6.18. The first-order valence-corrected chi connectivity index (χ1v) is 6.45. The van der Waals surface area contributed by atoms with Crippen molar-refractivity contribution < 1.29 is 23.8 Å². The van der Waals surface area contributed by atoms with Crippen molar-refractivity contribution in [3.63, 3.8) is 0 Å². The second kappa shape index (κ2) is 5.07. The fourth-order valence-corrected chi connectivity index (χ4v) is 2.33. The minimum absolute atomic E-state index is 0.00174. The van der Waals surface area contributed by atoms with Gasteiger partial charge in [0.25, 0.3) is 0 Å². The van der Waals surface area contributed by atoms with Gasteiger partial charge < -0.3 is 19.0 Å². The number of esters is 1. The Morgan fingerprint density at radius 3 is 2.82 bits per heavy atom. The molecule has 0 unspecified atom stereocenters. The third-order valence-corrected chi connectivity index (χ3v) is 3.28. The lowest BCUT2D eigenvalue weighted by Crippen LogP contribution is -2.15. The molecule has 6 nitrogen and oxygen atoms in total. The molecule has 0 fully saturated rings. The van der Waals surface area contributed by atoms with E-state index in [0.29, 0.717) is 0 Å². The van der Waals surface area contributed by atoms with E-state index in [1.165, 1.54) is 31.6 Å². The van der Waals surface area contributed by atoms with Crippen LogP contribution in [0.4, 0.5) is 0 Å². The normalized spacial score (nSPS) is 13.1. The van der Waals surface area contributed by atoms with Crippen molar-refractivity contribution in [2.45, 2.75) is 6.92 Å². The summed E-state index contributed by atoms with van der Waals surface area (Å²) in [6.45, 7) is 1.76. The van der Waals surface area contributed by atoms with Crippen LogP contribution >= 0.6 is 0 Å². The fraction of sp³-hybridized carbons (Fsp3) is 0.125. The molecule has 0 aliphatic carbocycles. The molecule has 3 rings (SSSR count). The number of benzene rings is 1. The zero-order valence-corrected chi connectivity index (χ0v) is 11.9. The molecular formula is C16H12O6. The van der Waals surface area contributed by atoms with Gasteiger partial charge in [-0.1, -0.05) is 0 Å². The second-order valence-electron chi connectivity index (χ2n) is 4.77. The number of phenolic OH excluding ortho intramolecular Hbond substituents is 1. The van der Waals surface area contributed by atoms with Gasteiger partial charge in [-0.2, -0.15) is 0 Å². The Bertz CT molecular complexity index is 901. The molecule has 0 spiro atoms. The molecule has 112 valence electrons. The van der Waals surface area contributed by atoms with E-state index in [2.05, 4.69) is 4.74 Å². The highest BCUT2D eigenvalue weighted by Gasteiger charge is 2.26. The summed E-state index contributed by atoms with van der Waals surface area (Å²) in [6.07, 6.45) is 4.14. The molecule has 2 heterocycles. The molecule has 2 aromatic rings. The Kier molecular flexibility index (Phi) is 3.21. The summed E-state index contributed by atoms with van der Waals surface area (Å²) in [6, 6.07) is 3.05. The number of carbonyl (C=O) groups excluding carboxylic acids is 1. The van der Waals surface area contributed by atoms with Crippen LogP contribution in [0.15, 0.2) is 39.8 Å². The van der Waals surface area contributed by atoms with Gasteiger partial charge in [0.05, 0.1) is 18.9 Å². The van der Waals surface area contributed by atoms with Gasteiger partial charge in [-0.25, -0.2) is 4.79 Å². The van der Waals surface area contributed by atoms with E-state index < -0.39 is 11.4 Å². The van der Waals surface area contributed by atoms with Gasteiger partial charge >= 0.3 is 11.9 Å². The van der Waals surface area contributed by atoms with Crippen molar-refractivity contribution in [2.75, 3.05) is 7.11 Å². The Morgan fingerprint density at radius 2 is 2.09 bits per heavy atom. The van der Waals surface area contributed by atoms with Gasteiger partial charge in [-0.15, -0.1) is 0 Å². The molecule has 1 aliphatic heterocycles. The average Bonchev–Trinajstić information content (AvgIpc) is 2.68. The van der Waals surface area contributed by atoms with Gasteiger partial charge in [0.15, 0.2) is 0 Å². The summed E-state index contributed by atoms with van der Waals surface area (Å²) in [4.78, 5) is 24.6. The second-order valence-corrected chi connectivity index (χ2v) is 4.77. The van der Waals surface area contributed by atoms with Crippen LogP contribution in [0, 0.1) is 6.92 Å². The topological polar surface area (TPSA) is 86.0 Å². The average molecular weight is 300 g/mol. The van der Waals surface area contributed by atoms with Crippen LogP contribution in [0.25, 0.3) is 16.5 Å². The Morgan fingerprint density at radius 1 is 1.32 bits per heavy atom. The lowest BCUT2D eigenvalue weighted by Gasteiger charge is -2.10. The smallest absolute Gasteiger partial charge is 0.338 e. The summed E-state index contributed by atoms with van der Waals surface area (Å²) >= 11 is 0. The maximum absolute atomic E-state index is 12.7. The summed E-state index contributed by atoms with van der Waals surface area (Å²) in [5, 5.41) is 10.0. The molecule has 1 N–H and O–H groups in total. The summed E-state index contributed by atoms with van der Waals surface area (Å²) in [7, 11) is 1.21. The molecule has 0 bridgehead atoms. The van der Waals surface area contributed by atoms with Gasteiger partial charge in [-0.3, -0.25) is 4.79 Å². The van der Waals surface area contributed by atoms with Crippen LogP contribution in [0.3, 0.4) is 0 Å². The summed E-state index contributed by atoms with van der Waals surface area (Å²) < 4.78 is 15.5. The zero-order chi connectivity index (χ0) is 15.9. The molecule has 0 radical (unpaired) electrons. The number of aryl methyl sites for hydroxylation is 1. The molecule has 1 aliphatic rings. The van der Waals surface area contributed by atoms with Crippen LogP contribution in [-0.2, 0) is 9.53 Å². The lowest BCUT2D eigenvalue weighted by molar-refractivity contribution is -0.133. The largest absolute Gasteiger partial charge is 0.507 e. The number of hydrogen-bond donors (Lipinski definition) is 1. The van der Waals surface area contributed by atoms with Gasteiger partial charge in [0.1, 0.15) is 22.3 Å². The lowest BCUT2D eigenvalue weighted by atomic mass is 10.0. The van der Waals surface area contributed by atoms with E-state index in [-0.39, 0.29) is 33.8 Å². The maximum atomic E-state index is 12.7. The van der Waals surface area contributed by atoms with E-state index in [0.717, 1.165) is 5.56 Å². The molecular weight excluding hydrogens is 288 g/mol. The monoisotopic (exact) mass is 300 g/mol. The SMILES string of the molecule is COC(=O)C1=CC=COc2oc3cc(C)cc(O)c3c(=O)c21. The molecule has 22 heavy (non-hydrogen) atoms. The number of allylic oxidation sites excluding steroid dienone is 2. The quantitative estimate of drug-likeness (QED) is 0.813. The molecule has 0 saturated carbocycles. The molecule has 1 aromatic heterocycles. The molecule has 0 saturated heterocycles. The van der Waals surface area contributed by atoms with Crippen molar-refractivity contribution in [1.29, 1.82) is 0 Å². The van der Waals surface area contributed by atoms with Crippen LogP contribution < -0.4 is 10.2 Å². The van der Waals surface area contributed by atoms with E-state index in [4.69, 9.17) is 9.15 Å². The number of methoxy groups -OCH3 is 1. The van der Waals surface area contributed by atoms with E-state index in [1.807, 2.05) is 0 Å². The summed E-state index contributed by atoms with van der Waals surface area (Å²) in [5.41, 5.74) is 0.265. The van der Waals surface area contributed by atoms with Crippen molar-refractivity contribution in [3.8, 4) is 11.7 Å². The van der Waals surface area contributed by atoms with Gasteiger partial charge in [0.2, 0.25) is 5.43 Å². The number of rotatable bonds is 1. The number of ether oxygens (including phenoxy) is 2. The van der Waals surface area contributed by atoms with Crippen LogP contribution in [0.2, 0.25) is 0 Å². The molecule has 0 amide bonds. The van der Waals surface area contributed by atoms with Crippen molar-refractivity contribution >= 4 is 22.5 Å². The van der Waals surface area contributed by atoms with Crippen molar-refractivity contribution in [3.05, 3.63) is 51.9 Å². The standard InChI is InChI=1S/C16H12O6/c1-8-6-10(17)13-11(7-8)22-16-12(14(13)18)9(15(19)20-2)4-3-5-21-16/h3-7,17H,1-2H3. The van der Waals surface area contributed by atoms with Crippen LogP contribution in [-0.4, -0.2) is 18.2 Å². The zero-order valence-electron chi connectivity index (χ0n) is 11.9. The predicted octanol–water partition coefficient (Wildman–Crippen LogP) is 2.27. The van der Waals surface area contributed by atoms with Crippen molar-refractivity contribution in [2.24, 2.45) is 0 Å².